The number of aliphatic hydroxyl groups excluding tert-OH is 1. The van der Waals surface area contributed by atoms with E-state index in [0.717, 1.165) is 18.6 Å². The van der Waals surface area contributed by atoms with Crippen LogP contribution in [0.25, 0.3) is 0 Å². The van der Waals surface area contributed by atoms with Crippen LogP contribution in [0.15, 0.2) is 24.3 Å². The fourth-order valence-electron chi connectivity index (χ4n) is 2.88. The minimum Gasteiger partial charge on any atom is -0.481 e. The molecule has 1 unspecified atom stereocenters. The third-order valence-electron chi connectivity index (χ3n) is 4.57. The van der Waals surface area contributed by atoms with E-state index in [0.29, 0.717) is 19.0 Å². The lowest BCUT2D eigenvalue weighted by atomic mass is 9.87. The number of likely N-dealkylation sites (tertiary alicyclic amines) is 1. The van der Waals surface area contributed by atoms with Crippen LogP contribution in [0.2, 0.25) is 0 Å². The first-order valence-electron chi connectivity index (χ1n) is 8.48. The Morgan fingerprint density at radius 1 is 1.26 bits per heavy atom. The Kier molecular flexibility index (Phi) is 5.69. The minimum atomic E-state index is -0.485. The number of hydrogen-bond acceptors (Lipinski definition) is 3. The summed E-state index contributed by atoms with van der Waals surface area (Å²) in [4.78, 5) is 14.3. The van der Waals surface area contributed by atoms with Crippen molar-refractivity contribution in [3.05, 3.63) is 29.8 Å². The van der Waals surface area contributed by atoms with Crippen LogP contribution in [0.4, 0.5) is 0 Å². The third kappa shape index (κ3) is 4.71. The molecule has 1 aliphatic rings. The number of carbonyl (C=O) groups excluding carboxylic acids is 1. The van der Waals surface area contributed by atoms with Crippen molar-refractivity contribution in [1.82, 2.24) is 4.90 Å². The van der Waals surface area contributed by atoms with Crippen LogP contribution in [0.5, 0.6) is 5.75 Å². The van der Waals surface area contributed by atoms with E-state index in [-0.39, 0.29) is 17.9 Å². The van der Waals surface area contributed by atoms with Gasteiger partial charge in [-0.05, 0) is 48.8 Å². The van der Waals surface area contributed by atoms with E-state index in [9.17, 15) is 9.90 Å². The average Bonchev–Trinajstić information content (AvgIpc) is 2.54. The molecule has 1 N–H and O–H groups in total. The molecule has 1 fully saturated rings. The lowest BCUT2D eigenvalue weighted by molar-refractivity contribution is -0.139. The highest BCUT2D eigenvalue weighted by molar-refractivity contribution is 5.81. The molecule has 23 heavy (non-hydrogen) atoms. The number of rotatable bonds is 4. The number of aliphatic hydroxyl groups is 1. The van der Waals surface area contributed by atoms with Crippen molar-refractivity contribution in [1.29, 1.82) is 0 Å². The second-order valence-corrected chi connectivity index (χ2v) is 7.49. The summed E-state index contributed by atoms with van der Waals surface area (Å²) in [7, 11) is 0. The molecule has 0 bridgehead atoms. The summed E-state index contributed by atoms with van der Waals surface area (Å²) >= 11 is 0. The maximum absolute atomic E-state index is 12.5. The summed E-state index contributed by atoms with van der Waals surface area (Å²) < 4.78 is 5.81. The summed E-state index contributed by atoms with van der Waals surface area (Å²) in [5, 5.41) is 9.17. The van der Waals surface area contributed by atoms with Gasteiger partial charge in [0, 0.05) is 19.7 Å². The summed E-state index contributed by atoms with van der Waals surface area (Å²) in [6.45, 7) is 9.95. The zero-order chi connectivity index (χ0) is 17.0. The van der Waals surface area contributed by atoms with Gasteiger partial charge in [0.1, 0.15) is 5.75 Å². The van der Waals surface area contributed by atoms with Gasteiger partial charge in [-0.2, -0.15) is 0 Å². The highest BCUT2D eigenvalue weighted by Gasteiger charge is 2.26. The molecular formula is C19H29NO3. The first-order chi connectivity index (χ1) is 10.8. The smallest absolute Gasteiger partial charge is 0.263 e. The van der Waals surface area contributed by atoms with Crippen LogP contribution >= 0.6 is 0 Å². The van der Waals surface area contributed by atoms with Crippen molar-refractivity contribution in [2.24, 2.45) is 5.92 Å². The van der Waals surface area contributed by atoms with Crippen LogP contribution < -0.4 is 4.74 Å². The molecule has 0 saturated carbocycles. The summed E-state index contributed by atoms with van der Waals surface area (Å²) in [6, 6.07) is 7.98. The fraction of sp³-hybridized carbons (Fsp3) is 0.632. The van der Waals surface area contributed by atoms with E-state index >= 15 is 0 Å². The van der Waals surface area contributed by atoms with Gasteiger partial charge in [0.05, 0.1) is 0 Å². The maximum atomic E-state index is 12.5. The highest BCUT2D eigenvalue weighted by atomic mass is 16.5. The van der Waals surface area contributed by atoms with E-state index in [4.69, 9.17) is 4.74 Å². The molecule has 1 aromatic rings. The molecule has 4 nitrogen and oxygen atoms in total. The molecule has 1 saturated heterocycles. The quantitative estimate of drug-likeness (QED) is 0.928. The van der Waals surface area contributed by atoms with Gasteiger partial charge in [-0.25, -0.2) is 0 Å². The number of hydrogen-bond donors (Lipinski definition) is 1. The van der Waals surface area contributed by atoms with E-state index in [1.54, 1.807) is 6.92 Å². The molecule has 0 radical (unpaired) electrons. The van der Waals surface area contributed by atoms with Gasteiger partial charge in [0.25, 0.3) is 5.91 Å². The van der Waals surface area contributed by atoms with E-state index in [1.165, 1.54) is 5.56 Å². The first-order valence-corrected chi connectivity index (χ1v) is 8.48. The topological polar surface area (TPSA) is 49.8 Å². The first kappa shape index (κ1) is 17.8. The van der Waals surface area contributed by atoms with Gasteiger partial charge in [0.2, 0.25) is 0 Å². The third-order valence-corrected chi connectivity index (χ3v) is 4.57. The molecule has 1 heterocycles. The molecular weight excluding hydrogens is 290 g/mol. The van der Waals surface area contributed by atoms with Crippen LogP contribution in [-0.2, 0) is 10.2 Å². The minimum absolute atomic E-state index is 0.0290. The highest BCUT2D eigenvalue weighted by Crippen LogP contribution is 2.25. The average molecular weight is 319 g/mol. The molecule has 0 aromatic heterocycles. The molecule has 1 atom stereocenters. The maximum Gasteiger partial charge on any atom is 0.263 e. The Morgan fingerprint density at radius 2 is 1.83 bits per heavy atom. The van der Waals surface area contributed by atoms with Gasteiger partial charge in [-0.3, -0.25) is 4.79 Å². The standard InChI is InChI=1S/C19H29NO3/c1-14(18(22)20-11-9-15(13-21)10-12-20)23-17-7-5-16(6-8-17)19(2,3)4/h5-8,14-15,21H,9-13H2,1-4H3. The monoisotopic (exact) mass is 319 g/mol. The van der Waals surface area contributed by atoms with Crippen molar-refractivity contribution in [2.45, 2.75) is 52.1 Å². The Labute approximate surface area is 139 Å². The van der Waals surface area contributed by atoms with Crippen molar-refractivity contribution in [3.8, 4) is 5.75 Å². The van der Waals surface area contributed by atoms with E-state index in [1.807, 2.05) is 17.0 Å². The molecule has 4 heteroatoms. The predicted octanol–water partition coefficient (Wildman–Crippen LogP) is 2.98. The molecule has 1 amide bonds. The number of amides is 1. The van der Waals surface area contributed by atoms with Crippen molar-refractivity contribution in [2.75, 3.05) is 19.7 Å². The largest absolute Gasteiger partial charge is 0.481 e. The van der Waals surface area contributed by atoms with Gasteiger partial charge in [-0.1, -0.05) is 32.9 Å². The Bertz CT molecular complexity index is 510. The van der Waals surface area contributed by atoms with Crippen molar-refractivity contribution in [3.63, 3.8) is 0 Å². The fourth-order valence-corrected chi connectivity index (χ4v) is 2.88. The van der Waals surface area contributed by atoms with Crippen LogP contribution in [0, 0.1) is 5.92 Å². The SMILES string of the molecule is CC(Oc1ccc(C(C)(C)C)cc1)C(=O)N1CCC(CO)CC1. The molecule has 0 aliphatic carbocycles. The van der Waals surface area contributed by atoms with E-state index in [2.05, 4.69) is 32.9 Å². The van der Waals surface area contributed by atoms with Crippen LogP contribution in [0.3, 0.4) is 0 Å². The van der Waals surface area contributed by atoms with Crippen LogP contribution in [-0.4, -0.2) is 41.7 Å². The summed E-state index contributed by atoms with van der Waals surface area (Å²) in [6.07, 6.45) is 1.26. The molecule has 1 aromatic carbocycles. The second kappa shape index (κ2) is 7.35. The number of nitrogens with zero attached hydrogens (tertiary/aromatic N) is 1. The Balaban J connectivity index is 1.91. The zero-order valence-electron chi connectivity index (χ0n) is 14.7. The molecule has 2 rings (SSSR count). The lowest BCUT2D eigenvalue weighted by Gasteiger charge is -2.32. The number of carbonyl (C=O) groups is 1. The normalized spacial score (nSPS) is 17.9. The Morgan fingerprint density at radius 3 is 2.30 bits per heavy atom. The van der Waals surface area contributed by atoms with Crippen molar-refractivity contribution >= 4 is 5.91 Å². The van der Waals surface area contributed by atoms with E-state index < -0.39 is 6.10 Å². The van der Waals surface area contributed by atoms with Gasteiger partial charge < -0.3 is 14.7 Å². The van der Waals surface area contributed by atoms with Crippen LogP contribution in [0.1, 0.15) is 46.1 Å². The number of piperidine rings is 1. The molecule has 1 aliphatic heterocycles. The lowest BCUT2D eigenvalue weighted by Crippen LogP contribution is -2.45. The zero-order valence-corrected chi connectivity index (χ0v) is 14.7. The Hall–Kier alpha value is -1.55. The van der Waals surface area contributed by atoms with Gasteiger partial charge in [0.15, 0.2) is 6.10 Å². The molecule has 128 valence electrons. The van der Waals surface area contributed by atoms with Gasteiger partial charge >= 0.3 is 0 Å². The van der Waals surface area contributed by atoms with Crippen molar-refractivity contribution < 1.29 is 14.6 Å². The predicted molar refractivity (Wildman–Crippen MR) is 91.6 cm³/mol. The number of ether oxygens (including phenoxy) is 1. The summed E-state index contributed by atoms with van der Waals surface area (Å²) in [5.41, 5.74) is 1.35. The van der Waals surface area contributed by atoms with Gasteiger partial charge in [-0.15, -0.1) is 0 Å². The number of benzene rings is 1. The second-order valence-electron chi connectivity index (χ2n) is 7.49. The summed E-state index contributed by atoms with van der Waals surface area (Å²) in [5.74, 6) is 1.09. The molecule has 0 spiro atoms.